The lowest BCUT2D eigenvalue weighted by Gasteiger charge is -2.19. The largest absolute Gasteiger partial charge is 0.482 e. The SMILES string of the molecule is O=CNc1cc2c(cc1Cl)NC(=O)CO2. The monoisotopic (exact) mass is 226 g/mol. The van der Waals surface area contributed by atoms with Gasteiger partial charge >= 0.3 is 0 Å². The van der Waals surface area contributed by atoms with Crippen molar-refractivity contribution in [1.82, 2.24) is 0 Å². The molecule has 0 atom stereocenters. The molecule has 1 heterocycles. The van der Waals surface area contributed by atoms with Crippen LogP contribution in [0.25, 0.3) is 0 Å². The van der Waals surface area contributed by atoms with Gasteiger partial charge in [0.25, 0.3) is 5.91 Å². The fourth-order valence-electron chi connectivity index (χ4n) is 1.27. The van der Waals surface area contributed by atoms with Gasteiger partial charge in [-0.25, -0.2) is 0 Å². The van der Waals surface area contributed by atoms with Gasteiger partial charge in [-0.2, -0.15) is 0 Å². The van der Waals surface area contributed by atoms with Crippen LogP contribution in [0.15, 0.2) is 12.1 Å². The first-order valence-corrected chi connectivity index (χ1v) is 4.55. The molecule has 1 aliphatic rings. The van der Waals surface area contributed by atoms with Gasteiger partial charge < -0.3 is 15.4 Å². The van der Waals surface area contributed by atoms with Crippen molar-refractivity contribution in [1.29, 1.82) is 0 Å². The number of amides is 2. The van der Waals surface area contributed by atoms with E-state index in [1.807, 2.05) is 0 Å². The quantitative estimate of drug-likeness (QED) is 0.746. The van der Waals surface area contributed by atoms with E-state index in [9.17, 15) is 9.59 Å². The topological polar surface area (TPSA) is 67.4 Å². The van der Waals surface area contributed by atoms with Crippen molar-refractivity contribution >= 4 is 35.3 Å². The summed E-state index contributed by atoms with van der Waals surface area (Å²) in [5, 5.41) is 5.38. The minimum absolute atomic E-state index is 0.0326. The molecule has 15 heavy (non-hydrogen) atoms. The minimum atomic E-state index is -0.227. The first kappa shape index (κ1) is 9.79. The molecule has 0 spiro atoms. The summed E-state index contributed by atoms with van der Waals surface area (Å²) in [5.74, 6) is 0.262. The van der Waals surface area contributed by atoms with Crippen molar-refractivity contribution in [3.63, 3.8) is 0 Å². The van der Waals surface area contributed by atoms with Crippen molar-refractivity contribution in [3.8, 4) is 5.75 Å². The summed E-state index contributed by atoms with van der Waals surface area (Å²) in [7, 11) is 0. The lowest BCUT2D eigenvalue weighted by Crippen LogP contribution is -2.25. The number of ether oxygens (including phenoxy) is 1. The average Bonchev–Trinajstić information content (AvgIpc) is 2.20. The maximum atomic E-state index is 11.0. The van der Waals surface area contributed by atoms with Crippen LogP contribution in [-0.2, 0) is 9.59 Å². The zero-order chi connectivity index (χ0) is 10.8. The van der Waals surface area contributed by atoms with E-state index in [2.05, 4.69) is 10.6 Å². The second kappa shape index (κ2) is 3.78. The molecule has 78 valence electrons. The summed E-state index contributed by atoms with van der Waals surface area (Å²) in [6.07, 6.45) is 0.523. The molecule has 0 bridgehead atoms. The second-order valence-electron chi connectivity index (χ2n) is 2.93. The fraction of sp³-hybridized carbons (Fsp3) is 0.111. The number of fused-ring (bicyclic) bond motifs is 1. The molecule has 1 aliphatic heterocycles. The molecular weight excluding hydrogens is 220 g/mol. The highest BCUT2D eigenvalue weighted by Gasteiger charge is 2.17. The van der Waals surface area contributed by atoms with Crippen LogP contribution in [0.1, 0.15) is 0 Å². The van der Waals surface area contributed by atoms with Crippen molar-refractivity contribution in [2.45, 2.75) is 0 Å². The highest BCUT2D eigenvalue weighted by molar-refractivity contribution is 6.34. The van der Waals surface area contributed by atoms with Crippen LogP contribution in [-0.4, -0.2) is 18.9 Å². The third-order valence-electron chi connectivity index (χ3n) is 1.92. The Kier molecular flexibility index (Phi) is 2.47. The van der Waals surface area contributed by atoms with Crippen LogP contribution in [0, 0.1) is 0 Å². The molecule has 0 saturated carbocycles. The van der Waals surface area contributed by atoms with Crippen molar-refractivity contribution < 1.29 is 14.3 Å². The number of hydrogen-bond acceptors (Lipinski definition) is 3. The van der Waals surface area contributed by atoms with Crippen molar-refractivity contribution in [2.75, 3.05) is 17.2 Å². The van der Waals surface area contributed by atoms with Gasteiger partial charge in [0.05, 0.1) is 16.4 Å². The maximum absolute atomic E-state index is 11.0. The summed E-state index contributed by atoms with van der Waals surface area (Å²) >= 11 is 5.86. The molecule has 2 N–H and O–H groups in total. The molecule has 0 fully saturated rings. The smallest absolute Gasteiger partial charge is 0.262 e. The second-order valence-corrected chi connectivity index (χ2v) is 3.33. The van der Waals surface area contributed by atoms with Gasteiger partial charge in [0.1, 0.15) is 5.75 Å². The molecule has 0 saturated heterocycles. The van der Waals surface area contributed by atoms with Gasteiger partial charge in [0.15, 0.2) is 6.61 Å². The van der Waals surface area contributed by atoms with Crippen LogP contribution in [0.2, 0.25) is 5.02 Å². The van der Waals surface area contributed by atoms with E-state index in [1.165, 1.54) is 6.07 Å². The van der Waals surface area contributed by atoms with Crippen LogP contribution in [0.5, 0.6) is 5.75 Å². The molecule has 1 aromatic rings. The fourth-order valence-corrected chi connectivity index (χ4v) is 1.49. The van der Waals surface area contributed by atoms with Crippen LogP contribution >= 0.6 is 11.6 Å². The molecule has 0 aromatic heterocycles. The van der Waals surface area contributed by atoms with Crippen LogP contribution in [0.3, 0.4) is 0 Å². The lowest BCUT2D eigenvalue weighted by atomic mass is 10.2. The number of nitrogens with one attached hydrogen (secondary N) is 2. The van der Waals surface area contributed by atoms with E-state index < -0.39 is 0 Å². The Hall–Kier alpha value is -1.75. The Morgan fingerprint density at radius 2 is 2.33 bits per heavy atom. The predicted molar refractivity (Wildman–Crippen MR) is 55.3 cm³/mol. The van der Waals surface area contributed by atoms with E-state index in [1.54, 1.807) is 6.07 Å². The van der Waals surface area contributed by atoms with E-state index in [-0.39, 0.29) is 12.5 Å². The van der Waals surface area contributed by atoms with E-state index in [4.69, 9.17) is 16.3 Å². The summed E-state index contributed by atoms with van der Waals surface area (Å²) in [5.41, 5.74) is 0.953. The standard InChI is InChI=1S/C9H7ClN2O3/c10-5-1-7-8(2-6(5)11-4-13)15-3-9(14)12-7/h1-2,4H,3H2,(H,11,13)(H,12,14). The number of carbonyl (C=O) groups excluding carboxylic acids is 2. The van der Waals surface area contributed by atoms with Gasteiger partial charge in [-0.15, -0.1) is 0 Å². The summed E-state index contributed by atoms with van der Waals surface area (Å²) in [6.45, 7) is -0.0326. The molecule has 0 radical (unpaired) electrons. The van der Waals surface area contributed by atoms with Gasteiger partial charge in [0.2, 0.25) is 6.41 Å². The maximum Gasteiger partial charge on any atom is 0.262 e. The van der Waals surface area contributed by atoms with Crippen molar-refractivity contribution in [3.05, 3.63) is 17.2 Å². The summed E-state index contributed by atoms with van der Waals surface area (Å²) in [6, 6.07) is 3.09. The number of hydrogen-bond donors (Lipinski definition) is 2. The number of halogens is 1. The third-order valence-corrected chi connectivity index (χ3v) is 2.23. The third kappa shape index (κ3) is 1.87. The molecule has 2 rings (SSSR count). The first-order valence-electron chi connectivity index (χ1n) is 4.17. The zero-order valence-electron chi connectivity index (χ0n) is 7.54. The first-order chi connectivity index (χ1) is 7.20. The summed E-state index contributed by atoms with van der Waals surface area (Å²) < 4.78 is 5.15. The zero-order valence-corrected chi connectivity index (χ0v) is 8.30. The van der Waals surface area contributed by atoms with Gasteiger partial charge in [-0.1, -0.05) is 11.6 Å². The van der Waals surface area contributed by atoms with Crippen LogP contribution in [0.4, 0.5) is 11.4 Å². The molecule has 5 nitrogen and oxygen atoms in total. The van der Waals surface area contributed by atoms with Gasteiger partial charge in [-0.05, 0) is 6.07 Å². The highest BCUT2D eigenvalue weighted by atomic mass is 35.5. The molecule has 6 heteroatoms. The van der Waals surface area contributed by atoms with Gasteiger partial charge in [-0.3, -0.25) is 9.59 Å². The summed E-state index contributed by atoms with van der Waals surface area (Å²) in [4.78, 5) is 21.3. The lowest BCUT2D eigenvalue weighted by molar-refractivity contribution is -0.118. The number of carbonyl (C=O) groups is 2. The predicted octanol–water partition coefficient (Wildman–Crippen LogP) is 1.24. The van der Waals surface area contributed by atoms with Crippen molar-refractivity contribution in [2.24, 2.45) is 0 Å². The molecule has 0 unspecified atom stereocenters. The Labute approximate surface area is 90.4 Å². The number of rotatable bonds is 2. The van der Waals surface area contributed by atoms with Gasteiger partial charge in [0, 0.05) is 6.07 Å². The number of benzene rings is 1. The number of anilines is 2. The molecule has 0 aliphatic carbocycles. The molecule has 1 aromatic carbocycles. The normalized spacial score (nSPS) is 13.5. The Morgan fingerprint density at radius 3 is 3.07 bits per heavy atom. The Morgan fingerprint density at radius 1 is 1.53 bits per heavy atom. The highest BCUT2D eigenvalue weighted by Crippen LogP contribution is 2.35. The Balaban J connectivity index is 2.41. The minimum Gasteiger partial charge on any atom is -0.482 e. The average molecular weight is 227 g/mol. The van der Waals surface area contributed by atoms with E-state index >= 15 is 0 Å². The van der Waals surface area contributed by atoms with E-state index in [0.29, 0.717) is 28.6 Å². The van der Waals surface area contributed by atoms with Crippen LogP contribution < -0.4 is 15.4 Å². The molecule has 2 amide bonds. The van der Waals surface area contributed by atoms with E-state index in [0.717, 1.165) is 0 Å². The Bertz CT molecular complexity index is 434. The molecular formula is C9H7ClN2O3.